The number of aliphatic hydroxyl groups is 1. The molecule has 1 amide bonds. The first kappa shape index (κ1) is 13.5. The molecule has 2 aliphatic rings. The number of β-amino-alcohol motifs (C(OH)–C–C–N with tert-alkyl or cyclic N) is 1. The number of aromatic nitrogens is 3. The Kier molecular flexibility index (Phi) is 3.04. The van der Waals surface area contributed by atoms with Crippen LogP contribution in [0.4, 0.5) is 0 Å². The van der Waals surface area contributed by atoms with Gasteiger partial charge in [0.25, 0.3) is 5.91 Å². The van der Waals surface area contributed by atoms with Crippen molar-refractivity contribution in [3.8, 4) is 0 Å². The van der Waals surface area contributed by atoms with Crippen LogP contribution in [0.3, 0.4) is 0 Å². The average molecular weight is 302 g/mol. The standard InChI is InChI=1S/C15H18N4O3/c20-14(11-4-7-22-13(11)10-2-3-10)19-6-1-5-15(21,9-19)12-8-16-18-17-12/h4,7-8,10,21H,1-3,5-6,9H2,(H,16,17,18)/t15-/m0/s1. The number of hydrogen-bond donors (Lipinski definition) is 2. The lowest BCUT2D eigenvalue weighted by molar-refractivity contribution is -0.0321. The van der Waals surface area contributed by atoms with Crippen molar-refractivity contribution in [2.45, 2.75) is 37.2 Å². The van der Waals surface area contributed by atoms with Gasteiger partial charge in [0.15, 0.2) is 0 Å². The first-order chi connectivity index (χ1) is 10.7. The van der Waals surface area contributed by atoms with Gasteiger partial charge in [-0.1, -0.05) is 0 Å². The smallest absolute Gasteiger partial charge is 0.257 e. The Balaban J connectivity index is 1.57. The van der Waals surface area contributed by atoms with Crippen LogP contribution in [0.5, 0.6) is 0 Å². The molecule has 0 bridgehead atoms. The van der Waals surface area contributed by atoms with Crippen molar-refractivity contribution >= 4 is 5.91 Å². The Hall–Kier alpha value is -2.15. The van der Waals surface area contributed by atoms with E-state index in [-0.39, 0.29) is 12.5 Å². The van der Waals surface area contributed by atoms with E-state index in [9.17, 15) is 9.90 Å². The lowest BCUT2D eigenvalue weighted by Gasteiger charge is -2.37. The van der Waals surface area contributed by atoms with E-state index in [0.29, 0.717) is 30.1 Å². The Bertz CT molecular complexity index is 677. The molecule has 116 valence electrons. The van der Waals surface area contributed by atoms with Gasteiger partial charge in [-0.05, 0) is 31.7 Å². The van der Waals surface area contributed by atoms with Crippen LogP contribution in [-0.2, 0) is 5.60 Å². The Morgan fingerprint density at radius 2 is 2.36 bits per heavy atom. The number of hydrogen-bond acceptors (Lipinski definition) is 5. The maximum Gasteiger partial charge on any atom is 0.257 e. The maximum atomic E-state index is 12.8. The minimum Gasteiger partial charge on any atom is -0.468 e. The maximum absolute atomic E-state index is 12.8. The average Bonchev–Trinajstić information content (AvgIpc) is 3.05. The minimum absolute atomic E-state index is 0.0720. The van der Waals surface area contributed by atoms with Gasteiger partial charge in [-0.25, -0.2) is 0 Å². The number of likely N-dealkylation sites (tertiary alicyclic amines) is 1. The van der Waals surface area contributed by atoms with Gasteiger partial charge in [-0.15, -0.1) is 0 Å². The molecule has 1 aliphatic heterocycles. The molecular weight excluding hydrogens is 284 g/mol. The molecule has 1 saturated carbocycles. The Labute approximate surface area is 127 Å². The van der Waals surface area contributed by atoms with E-state index in [4.69, 9.17) is 4.42 Å². The summed E-state index contributed by atoms with van der Waals surface area (Å²) in [6.07, 6.45) is 6.55. The summed E-state index contributed by atoms with van der Waals surface area (Å²) >= 11 is 0. The fourth-order valence-electron chi connectivity index (χ4n) is 3.17. The third kappa shape index (κ3) is 2.21. The normalized spacial score (nSPS) is 25.4. The molecular formula is C15H18N4O3. The van der Waals surface area contributed by atoms with Crippen LogP contribution in [0.15, 0.2) is 22.9 Å². The summed E-state index contributed by atoms with van der Waals surface area (Å²) in [5.74, 6) is 1.10. The predicted octanol–water partition coefficient (Wildman–Crippen LogP) is 1.40. The van der Waals surface area contributed by atoms with Crippen molar-refractivity contribution in [2.24, 2.45) is 0 Å². The number of piperidine rings is 1. The molecule has 2 aromatic heterocycles. The lowest BCUT2D eigenvalue weighted by Crippen LogP contribution is -2.48. The molecule has 0 radical (unpaired) electrons. The van der Waals surface area contributed by atoms with E-state index >= 15 is 0 Å². The molecule has 22 heavy (non-hydrogen) atoms. The zero-order valence-electron chi connectivity index (χ0n) is 12.2. The monoisotopic (exact) mass is 302 g/mol. The largest absolute Gasteiger partial charge is 0.468 e. The van der Waals surface area contributed by atoms with Crippen molar-refractivity contribution in [3.63, 3.8) is 0 Å². The molecule has 7 heteroatoms. The molecule has 1 saturated heterocycles. The summed E-state index contributed by atoms with van der Waals surface area (Å²) < 4.78 is 5.49. The van der Waals surface area contributed by atoms with E-state index in [2.05, 4.69) is 15.4 Å². The summed E-state index contributed by atoms with van der Waals surface area (Å²) in [5, 5.41) is 21.1. The zero-order valence-corrected chi connectivity index (χ0v) is 12.2. The summed E-state index contributed by atoms with van der Waals surface area (Å²) in [4.78, 5) is 14.5. The summed E-state index contributed by atoms with van der Waals surface area (Å²) in [6.45, 7) is 0.863. The highest BCUT2D eigenvalue weighted by molar-refractivity contribution is 5.95. The number of amides is 1. The first-order valence-corrected chi connectivity index (χ1v) is 7.63. The van der Waals surface area contributed by atoms with Gasteiger partial charge in [0.2, 0.25) is 0 Å². The molecule has 7 nitrogen and oxygen atoms in total. The van der Waals surface area contributed by atoms with Crippen molar-refractivity contribution in [2.75, 3.05) is 13.1 Å². The minimum atomic E-state index is -1.13. The van der Waals surface area contributed by atoms with Crippen LogP contribution in [0, 0.1) is 0 Å². The van der Waals surface area contributed by atoms with Crippen LogP contribution < -0.4 is 0 Å². The molecule has 1 atom stereocenters. The fraction of sp³-hybridized carbons (Fsp3) is 0.533. The first-order valence-electron chi connectivity index (χ1n) is 7.63. The van der Waals surface area contributed by atoms with E-state index in [1.807, 2.05) is 0 Å². The molecule has 2 fully saturated rings. The molecule has 2 N–H and O–H groups in total. The molecule has 1 aliphatic carbocycles. The third-order valence-electron chi connectivity index (χ3n) is 4.52. The van der Waals surface area contributed by atoms with E-state index in [1.54, 1.807) is 17.2 Å². The highest BCUT2D eigenvalue weighted by atomic mass is 16.3. The summed E-state index contributed by atoms with van der Waals surface area (Å²) in [6, 6.07) is 1.74. The second-order valence-corrected chi connectivity index (χ2v) is 6.19. The highest BCUT2D eigenvalue weighted by Crippen LogP contribution is 2.42. The topological polar surface area (TPSA) is 95.3 Å². The van der Waals surface area contributed by atoms with Crippen LogP contribution in [0.2, 0.25) is 0 Å². The van der Waals surface area contributed by atoms with Crippen molar-refractivity contribution < 1.29 is 14.3 Å². The van der Waals surface area contributed by atoms with E-state index < -0.39 is 5.60 Å². The van der Waals surface area contributed by atoms with Crippen molar-refractivity contribution in [1.82, 2.24) is 20.3 Å². The van der Waals surface area contributed by atoms with Crippen molar-refractivity contribution in [3.05, 3.63) is 35.5 Å². The van der Waals surface area contributed by atoms with Crippen LogP contribution in [-0.4, -0.2) is 44.4 Å². The second kappa shape index (κ2) is 4.95. The Morgan fingerprint density at radius 3 is 3.09 bits per heavy atom. The van der Waals surface area contributed by atoms with Gasteiger partial charge in [-0.3, -0.25) is 4.79 Å². The predicted molar refractivity (Wildman–Crippen MR) is 76.1 cm³/mol. The van der Waals surface area contributed by atoms with E-state index in [1.165, 1.54) is 6.20 Å². The third-order valence-corrected chi connectivity index (χ3v) is 4.52. The zero-order chi connectivity index (χ0) is 15.2. The van der Waals surface area contributed by atoms with Gasteiger partial charge in [0, 0.05) is 12.5 Å². The SMILES string of the molecule is O=C(c1ccoc1C1CC1)N1CCC[C@@](O)(c2cn[nH]n2)C1. The highest BCUT2D eigenvalue weighted by Gasteiger charge is 2.40. The number of furan rings is 1. The van der Waals surface area contributed by atoms with Gasteiger partial charge in [0.1, 0.15) is 17.1 Å². The number of H-pyrrole nitrogens is 1. The van der Waals surface area contributed by atoms with Gasteiger partial charge >= 0.3 is 0 Å². The number of aromatic amines is 1. The van der Waals surface area contributed by atoms with Crippen LogP contribution >= 0.6 is 0 Å². The van der Waals surface area contributed by atoms with Gasteiger partial charge < -0.3 is 14.4 Å². The molecule has 0 unspecified atom stereocenters. The second-order valence-electron chi connectivity index (χ2n) is 6.19. The summed E-state index contributed by atoms with van der Waals surface area (Å²) in [7, 11) is 0. The number of nitrogens with zero attached hydrogens (tertiary/aromatic N) is 3. The molecule has 3 heterocycles. The van der Waals surface area contributed by atoms with Crippen LogP contribution in [0.1, 0.15) is 53.4 Å². The Morgan fingerprint density at radius 1 is 1.50 bits per heavy atom. The molecule has 2 aromatic rings. The van der Waals surface area contributed by atoms with E-state index in [0.717, 1.165) is 25.0 Å². The molecule has 0 spiro atoms. The van der Waals surface area contributed by atoms with Crippen LogP contribution in [0.25, 0.3) is 0 Å². The van der Waals surface area contributed by atoms with Gasteiger partial charge in [0.05, 0.1) is 24.6 Å². The quantitative estimate of drug-likeness (QED) is 0.893. The number of carbonyl (C=O) groups excluding carboxylic acids is 1. The number of nitrogens with one attached hydrogen (secondary N) is 1. The van der Waals surface area contributed by atoms with Crippen molar-refractivity contribution in [1.29, 1.82) is 0 Å². The lowest BCUT2D eigenvalue weighted by atomic mass is 9.89. The fourth-order valence-corrected chi connectivity index (χ4v) is 3.17. The molecule has 0 aromatic carbocycles. The molecule has 4 rings (SSSR count). The summed E-state index contributed by atoms with van der Waals surface area (Å²) in [5.41, 5.74) is -0.0174. The van der Waals surface area contributed by atoms with Gasteiger partial charge in [-0.2, -0.15) is 15.4 Å². The number of rotatable bonds is 3. The number of carbonyl (C=O) groups is 1.